The molecule has 188 valence electrons. The first-order valence-electron chi connectivity index (χ1n) is 13.2. The molecule has 0 bridgehead atoms. The van der Waals surface area contributed by atoms with Gasteiger partial charge in [-0.15, -0.1) is 12.6 Å². The van der Waals surface area contributed by atoms with Gasteiger partial charge < -0.3 is 15.1 Å². The van der Waals surface area contributed by atoms with Gasteiger partial charge in [0, 0.05) is 56.4 Å². The van der Waals surface area contributed by atoms with Gasteiger partial charge in [0.2, 0.25) is 5.95 Å². The Bertz CT molecular complexity index is 1000. The number of rotatable bonds is 6. The Morgan fingerprint density at radius 1 is 0.971 bits per heavy atom. The summed E-state index contributed by atoms with van der Waals surface area (Å²) in [6.07, 6.45) is 13.5. The van der Waals surface area contributed by atoms with Crippen LogP contribution in [0.5, 0.6) is 0 Å². The first-order valence-corrected chi connectivity index (χ1v) is 13.7. The van der Waals surface area contributed by atoms with Crippen LogP contribution in [0, 0.1) is 5.92 Å². The number of thiol groups is 1. The van der Waals surface area contributed by atoms with Crippen molar-refractivity contribution >= 4 is 35.7 Å². The fourth-order valence-corrected chi connectivity index (χ4v) is 6.13. The average Bonchev–Trinajstić information content (AvgIpc) is 3.42. The maximum absolute atomic E-state index is 4.83. The fourth-order valence-electron chi connectivity index (χ4n) is 5.89. The van der Waals surface area contributed by atoms with Gasteiger partial charge in [-0.25, -0.2) is 15.0 Å². The number of pyridine rings is 1. The third-order valence-electron chi connectivity index (χ3n) is 8.02. The number of piperazine rings is 1. The minimum Gasteiger partial charge on any atom is -0.370 e. The van der Waals surface area contributed by atoms with Crippen molar-refractivity contribution in [1.29, 1.82) is 0 Å². The van der Waals surface area contributed by atoms with Crippen molar-refractivity contribution in [3.05, 3.63) is 36.3 Å². The summed E-state index contributed by atoms with van der Waals surface area (Å²) in [5.74, 6) is 1.91. The largest absolute Gasteiger partial charge is 0.370 e. The SMILES string of the molecule is C/C=C(/c1nc(Nc2ccc(N3CCC(N4CCN(C)CC4)CC3)cn2)ncc1S)C1CCCC1. The second-order valence-corrected chi connectivity index (χ2v) is 10.7. The smallest absolute Gasteiger partial charge is 0.228 e. The van der Waals surface area contributed by atoms with Crippen LogP contribution in [0.15, 0.2) is 35.5 Å². The number of allylic oxidation sites excluding steroid dienone is 2. The van der Waals surface area contributed by atoms with Crippen molar-refractivity contribution in [2.45, 2.75) is 56.4 Å². The second kappa shape index (κ2) is 11.3. The molecular formula is C27H39N7S. The molecule has 4 heterocycles. The molecule has 7 nitrogen and oxygen atoms in total. The van der Waals surface area contributed by atoms with E-state index in [1.165, 1.54) is 76.0 Å². The molecule has 0 amide bonds. The van der Waals surface area contributed by atoms with Gasteiger partial charge in [0.25, 0.3) is 0 Å². The van der Waals surface area contributed by atoms with E-state index in [9.17, 15) is 0 Å². The summed E-state index contributed by atoms with van der Waals surface area (Å²) in [5.41, 5.74) is 3.43. The average molecular weight is 494 g/mol. The standard InChI is InChI=1S/C27H39N7S/c1-3-23(20-6-4-5-7-20)26-24(35)19-29-27(31-26)30-25-9-8-22(18-28-25)33-12-10-21(11-13-33)34-16-14-32(2)15-17-34/h3,8-9,18-21,35H,4-7,10-17H2,1-2H3,(H,28,29,30,31)/b23-3+. The summed E-state index contributed by atoms with van der Waals surface area (Å²) >= 11 is 4.65. The first kappa shape index (κ1) is 24.5. The van der Waals surface area contributed by atoms with E-state index in [4.69, 9.17) is 4.98 Å². The summed E-state index contributed by atoms with van der Waals surface area (Å²) in [4.78, 5) is 22.4. The summed E-state index contributed by atoms with van der Waals surface area (Å²) in [6, 6.07) is 4.92. The predicted octanol–water partition coefficient (Wildman–Crippen LogP) is 4.71. The Morgan fingerprint density at radius 2 is 1.71 bits per heavy atom. The molecule has 0 radical (unpaired) electrons. The number of aromatic nitrogens is 3. The maximum Gasteiger partial charge on any atom is 0.228 e. The molecule has 0 atom stereocenters. The van der Waals surface area contributed by atoms with Crippen LogP contribution in [-0.4, -0.2) is 77.1 Å². The maximum atomic E-state index is 4.83. The molecule has 2 saturated heterocycles. The molecule has 2 aliphatic heterocycles. The topological polar surface area (TPSA) is 60.4 Å². The zero-order valence-corrected chi connectivity index (χ0v) is 22.1. The summed E-state index contributed by atoms with van der Waals surface area (Å²) < 4.78 is 0. The highest BCUT2D eigenvalue weighted by molar-refractivity contribution is 7.80. The number of hydrogen-bond donors (Lipinski definition) is 2. The lowest BCUT2D eigenvalue weighted by Gasteiger charge is -2.42. The molecule has 0 aromatic carbocycles. The van der Waals surface area contributed by atoms with E-state index in [1.807, 2.05) is 12.3 Å². The highest BCUT2D eigenvalue weighted by Gasteiger charge is 2.27. The predicted molar refractivity (Wildman–Crippen MR) is 147 cm³/mol. The van der Waals surface area contributed by atoms with Crippen molar-refractivity contribution in [3.8, 4) is 0 Å². The van der Waals surface area contributed by atoms with E-state index in [2.05, 4.69) is 68.7 Å². The molecular weight excluding hydrogens is 454 g/mol. The Hall–Kier alpha value is -2.16. The van der Waals surface area contributed by atoms with Crippen LogP contribution in [0.3, 0.4) is 0 Å². The number of piperidine rings is 1. The molecule has 1 N–H and O–H groups in total. The normalized spacial score (nSPS) is 21.6. The van der Waals surface area contributed by atoms with E-state index in [0.29, 0.717) is 11.9 Å². The van der Waals surface area contributed by atoms with Gasteiger partial charge in [-0.3, -0.25) is 4.90 Å². The number of likely N-dealkylation sites (N-methyl/N-ethyl adjacent to an activating group) is 1. The van der Waals surface area contributed by atoms with Crippen molar-refractivity contribution in [2.24, 2.45) is 5.92 Å². The van der Waals surface area contributed by atoms with Crippen LogP contribution in [0.25, 0.3) is 5.57 Å². The van der Waals surface area contributed by atoms with Gasteiger partial charge in [0.1, 0.15) is 5.82 Å². The second-order valence-electron chi connectivity index (χ2n) is 10.2. The van der Waals surface area contributed by atoms with Crippen molar-refractivity contribution < 1.29 is 0 Å². The molecule has 0 spiro atoms. The van der Waals surface area contributed by atoms with Crippen LogP contribution in [0.2, 0.25) is 0 Å². The third-order valence-corrected chi connectivity index (χ3v) is 8.35. The molecule has 3 aliphatic rings. The monoisotopic (exact) mass is 493 g/mol. The van der Waals surface area contributed by atoms with Crippen molar-refractivity contribution in [1.82, 2.24) is 24.8 Å². The molecule has 8 heteroatoms. The van der Waals surface area contributed by atoms with Gasteiger partial charge in [-0.2, -0.15) is 0 Å². The van der Waals surface area contributed by atoms with Gasteiger partial charge in [-0.05, 0) is 63.3 Å². The van der Waals surface area contributed by atoms with E-state index in [0.717, 1.165) is 35.5 Å². The van der Waals surface area contributed by atoms with E-state index in [-0.39, 0.29) is 0 Å². The molecule has 1 aliphatic carbocycles. The minimum atomic E-state index is 0.573. The van der Waals surface area contributed by atoms with E-state index in [1.54, 1.807) is 6.20 Å². The minimum absolute atomic E-state index is 0.573. The zero-order valence-electron chi connectivity index (χ0n) is 21.2. The summed E-state index contributed by atoms with van der Waals surface area (Å²) in [5, 5.41) is 3.30. The van der Waals surface area contributed by atoms with E-state index < -0.39 is 0 Å². The molecule has 2 aromatic rings. The summed E-state index contributed by atoms with van der Waals surface area (Å²) in [6.45, 7) is 9.08. The Morgan fingerprint density at radius 3 is 2.37 bits per heavy atom. The lowest BCUT2D eigenvalue weighted by molar-refractivity contribution is 0.0982. The van der Waals surface area contributed by atoms with Crippen LogP contribution in [-0.2, 0) is 0 Å². The highest BCUT2D eigenvalue weighted by atomic mass is 32.1. The molecule has 2 aromatic heterocycles. The van der Waals surface area contributed by atoms with E-state index >= 15 is 0 Å². The van der Waals surface area contributed by atoms with Crippen LogP contribution < -0.4 is 10.2 Å². The molecule has 1 saturated carbocycles. The Balaban J connectivity index is 1.19. The Labute approximate surface area is 215 Å². The summed E-state index contributed by atoms with van der Waals surface area (Å²) in [7, 11) is 2.22. The molecule has 35 heavy (non-hydrogen) atoms. The number of nitrogens with zero attached hydrogens (tertiary/aromatic N) is 6. The van der Waals surface area contributed by atoms with Crippen molar-refractivity contribution in [2.75, 3.05) is 56.5 Å². The van der Waals surface area contributed by atoms with Gasteiger partial charge in [0.15, 0.2) is 0 Å². The van der Waals surface area contributed by atoms with Crippen LogP contribution in [0.4, 0.5) is 17.5 Å². The third kappa shape index (κ3) is 5.81. The van der Waals surface area contributed by atoms with Crippen LogP contribution >= 0.6 is 12.6 Å². The lowest BCUT2D eigenvalue weighted by Crippen LogP contribution is -2.52. The van der Waals surface area contributed by atoms with Crippen molar-refractivity contribution in [3.63, 3.8) is 0 Å². The number of hydrogen-bond acceptors (Lipinski definition) is 8. The lowest BCUT2D eigenvalue weighted by atomic mass is 9.94. The molecule has 5 rings (SSSR count). The van der Waals surface area contributed by atoms with Gasteiger partial charge >= 0.3 is 0 Å². The van der Waals surface area contributed by atoms with Crippen LogP contribution in [0.1, 0.15) is 51.1 Å². The van der Waals surface area contributed by atoms with Gasteiger partial charge in [-0.1, -0.05) is 18.9 Å². The quantitative estimate of drug-likeness (QED) is 0.565. The molecule has 3 fully saturated rings. The Kier molecular flexibility index (Phi) is 7.90. The fraction of sp³-hybridized carbons (Fsp3) is 0.593. The zero-order chi connectivity index (χ0) is 24.2. The number of anilines is 3. The highest BCUT2D eigenvalue weighted by Crippen LogP contribution is 2.38. The number of nitrogens with one attached hydrogen (secondary N) is 1. The van der Waals surface area contributed by atoms with Gasteiger partial charge in [0.05, 0.1) is 17.6 Å². The molecule has 0 unspecified atom stereocenters. The first-order chi connectivity index (χ1) is 17.1.